The van der Waals surface area contributed by atoms with E-state index >= 15 is 0 Å². The Hall–Kier alpha value is -1.52. The first-order chi connectivity index (χ1) is 9.89. The zero-order valence-corrected chi connectivity index (χ0v) is 13.6. The summed E-state index contributed by atoms with van der Waals surface area (Å²) in [6.45, 7) is 8.79. The maximum Gasteiger partial charge on any atom is 0.360 e. The molecule has 1 aromatic rings. The molecule has 118 valence electrons. The number of hydrogen-bond acceptors (Lipinski definition) is 4. The van der Waals surface area contributed by atoms with Crippen LogP contribution < -0.4 is 5.73 Å². The second-order valence-corrected chi connectivity index (χ2v) is 6.60. The molecule has 0 aromatic carbocycles. The molecule has 0 unspecified atom stereocenters. The molecule has 1 heterocycles. The lowest BCUT2D eigenvalue weighted by molar-refractivity contribution is 0.0521. The van der Waals surface area contributed by atoms with Crippen LogP contribution in [0, 0.1) is 5.41 Å². The molecule has 21 heavy (non-hydrogen) atoms. The molecule has 1 aliphatic carbocycles. The third kappa shape index (κ3) is 3.22. The molecular weight excluding hydrogens is 266 g/mol. The molecule has 2 N–H and O–H groups in total. The second kappa shape index (κ2) is 6.08. The van der Waals surface area contributed by atoms with Gasteiger partial charge in [-0.25, -0.2) is 9.78 Å². The summed E-state index contributed by atoms with van der Waals surface area (Å²) in [5.74, 6) is 0.940. The Bertz CT molecular complexity index is 510. The lowest BCUT2D eigenvalue weighted by Crippen LogP contribution is -2.25. The molecule has 0 radical (unpaired) electrons. The number of rotatable bonds is 4. The van der Waals surface area contributed by atoms with Crippen LogP contribution in [0.3, 0.4) is 0 Å². The maximum atomic E-state index is 12.0. The number of aryl methyl sites for hydroxylation is 1. The fourth-order valence-electron chi connectivity index (χ4n) is 3.14. The second-order valence-electron chi connectivity index (χ2n) is 6.60. The molecule has 1 aliphatic rings. The van der Waals surface area contributed by atoms with Crippen molar-refractivity contribution in [2.45, 2.75) is 65.8 Å². The summed E-state index contributed by atoms with van der Waals surface area (Å²) in [6, 6.07) is 0.351. The summed E-state index contributed by atoms with van der Waals surface area (Å²) in [5, 5.41) is 0. The molecule has 0 aliphatic heterocycles. The predicted molar refractivity (Wildman–Crippen MR) is 83.3 cm³/mol. The van der Waals surface area contributed by atoms with E-state index < -0.39 is 5.97 Å². The van der Waals surface area contributed by atoms with E-state index in [1.165, 1.54) is 12.8 Å². The van der Waals surface area contributed by atoms with Crippen molar-refractivity contribution in [3.05, 3.63) is 11.5 Å². The van der Waals surface area contributed by atoms with Crippen LogP contribution in [-0.2, 0) is 11.2 Å². The van der Waals surface area contributed by atoms with E-state index in [9.17, 15) is 4.79 Å². The molecule has 0 spiro atoms. The summed E-state index contributed by atoms with van der Waals surface area (Å²) in [6.07, 6.45) is 5.29. The first-order valence-corrected chi connectivity index (χ1v) is 7.93. The normalized spacial score (nSPS) is 18.7. The highest BCUT2D eigenvalue weighted by molar-refractivity contribution is 5.92. The average Bonchev–Trinajstić information content (AvgIpc) is 2.76. The first-order valence-electron chi connectivity index (χ1n) is 7.93. The minimum absolute atomic E-state index is 0.276. The Labute approximate surface area is 126 Å². The van der Waals surface area contributed by atoms with E-state index in [1.807, 2.05) is 6.92 Å². The summed E-state index contributed by atoms with van der Waals surface area (Å²) in [5.41, 5.74) is 6.89. The van der Waals surface area contributed by atoms with Crippen molar-refractivity contribution >= 4 is 11.8 Å². The van der Waals surface area contributed by atoms with Crippen molar-refractivity contribution in [1.82, 2.24) is 9.55 Å². The Balaban J connectivity index is 2.29. The molecule has 1 aromatic heterocycles. The van der Waals surface area contributed by atoms with Gasteiger partial charge in [0.15, 0.2) is 5.69 Å². The van der Waals surface area contributed by atoms with Crippen molar-refractivity contribution in [2.24, 2.45) is 5.41 Å². The molecule has 1 fully saturated rings. The Kier molecular flexibility index (Phi) is 4.59. The fraction of sp³-hybridized carbons (Fsp3) is 0.750. The van der Waals surface area contributed by atoms with Crippen molar-refractivity contribution < 1.29 is 9.53 Å². The van der Waals surface area contributed by atoms with Gasteiger partial charge < -0.3 is 15.0 Å². The summed E-state index contributed by atoms with van der Waals surface area (Å²) in [4.78, 5) is 16.4. The molecule has 0 saturated heterocycles. The number of nitrogen functional groups attached to an aromatic ring is 1. The molecule has 0 bridgehead atoms. The fourth-order valence-corrected chi connectivity index (χ4v) is 3.14. The van der Waals surface area contributed by atoms with Gasteiger partial charge in [0, 0.05) is 12.5 Å². The third-order valence-electron chi connectivity index (χ3n) is 4.48. The predicted octanol–water partition coefficient (Wildman–Crippen LogP) is 3.35. The highest BCUT2D eigenvalue weighted by atomic mass is 16.5. The highest BCUT2D eigenvalue weighted by Crippen LogP contribution is 2.41. The average molecular weight is 293 g/mol. The van der Waals surface area contributed by atoms with E-state index in [0.29, 0.717) is 23.9 Å². The highest BCUT2D eigenvalue weighted by Gasteiger charge is 2.31. The first kappa shape index (κ1) is 15.9. The smallest absolute Gasteiger partial charge is 0.360 e. The zero-order chi connectivity index (χ0) is 15.6. The Morgan fingerprint density at radius 3 is 2.52 bits per heavy atom. The van der Waals surface area contributed by atoms with Gasteiger partial charge in [-0.15, -0.1) is 0 Å². The number of nitrogens with two attached hydrogens (primary N) is 1. The van der Waals surface area contributed by atoms with E-state index in [-0.39, 0.29) is 5.69 Å². The molecule has 5 heteroatoms. The van der Waals surface area contributed by atoms with E-state index in [4.69, 9.17) is 10.5 Å². The van der Waals surface area contributed by atoms with Gasteiger partial charge in [0.2, 0.25) is 0 Å². The van der Waals surface area contributed by atoms with Gasteiger partial charge in [0.25, 0.3) is 0 Å². The van der Waals surface area contributed by atoms with Gasteiger partial charge in [0.05, 0.1) is 6.61 Å². The Morgan fingerprint density at radius 1 is 1.38 bits per heavy atom. The number of aromatic nitrogens is 2. The number of imidazole rings is 1. The third-order valence-corrected chi connectivity index (χ3v) is 4.48. The lowest BCUT2D eigenvalue weighted by atomic mass is 9.75. The largest absolute Gasteiger partial charge is 0.461 e. The van der Waals surface area contributed by atoms with Crippen LogP contribution in [0.2, 0.25) is 0 Å². The number of hydrogen-bond donors (Lipinski definition) is 1. The standard InChI is InChI=1S/C16H27N3O2/c1-5-12-18-13(15(20)21-6-2)14(17)19(12)11-7-9-16(3,4)10-8-11/h11H,5-10,17H2,1-4H3. The summed E-state index contributed by atoms with van der Waals surface area (Å²) < 4.78 is 7.12. The van der Waals surface area contributed by atoms with Crippen molar-refractivity contribution in [3.8, 4) is 0 Å². The van der Waals surface area contributed by atoms with Crippen molar-refractivity contribution in [3.63, 3.8) is 0 Å². The Morgan fingerprint density at radius 2 is 2.00 bits per heavy atom. The van der Waals surface area contributed by atoms with Gasteiger partial charge in [-0.2, -0.15) is 0 Å². The number of carbonyl (C=O) groups excluding carboxylic acids is 1. The minimum Gasteiger partial charge on any atom is -0.461 e. The van der Waals surface area contributed by atoms with Crippen LogP contribution in [0.4, 0.5) is 5.82 Å². The molecule has 0 atom stereocenters. The van der Waals surface area contributed by atoms with Gasteiger partial charge >= 0.3 is 5.97 Å². The van der Waals surface area contributed by atoms with Gasteiger partial charge in [-0.05, 0) is 38.0 Å². The van der Waals surface area contributed by atoms with Crippen LogP contribution in [0.15, 0.2) is 0 Å². The number of anilines is 1. The SMILES string of the molecule is CCOC(=O)c1nc(CC)n(C2CCC(C)(C)CC2)c1N. The van der Waals surface area contributed by atoms with Crippen LogP contribution in [0.1, 0.15) is 75.7 Å². The van der Waals surface area contributed by atoms with E-state index in [1.54, 1.807) is 6.92 Å². The molecule has 5 nitrogen and oxygen atoms in total. The number of carbonyl (C=O) groups is 1. The monoisotopic (exact) mass is 293 g/mol. The summed E-state index contributed by atoms with van der Waals surface area (Å²) in [7, 11) is 0. The van der Waals surface area contributed by atoms with Crippen molar-refractivity contribution in [2.75, 3.05) is 12.3 Å². The lowest BCUT2D eigenvalue weighted by Gasteiger charge is -2.35. The van der Waals surface area contributed by atoms with Gasteiger partial charge in [-0.1, -0.05) is 20.8 Å². The number of esters is 1. The molecule has 0 amide bonds. The van der Waals surface area contributed by atoms with Gasteiger partial charge in [-0.3, -0.25) is 0 Å². The number of ether oxygens (including phenoxy) is 1. The zero-order valence-electron chi connectivity index (χ0n) is 13.6. The number of nitrogens with zero attached hydrogens (tertiary/aromatic N) is 2. The van der Waals surface area contributed by atoms with Crippen LogP contribution in [-0.4, -0.2) is 22.1 Å². The van der Waals surface area contributed by atoms with E-state index in [0.717, 1.165) is 25.1 Å². The minimum atomic E-state index is -0.417. The molecule has 2 rings (SSSR count). The van der Waals surface area contributed by atoms with Crippen LogP contribution in [0.25, 0.3) is 0 Å². The summed E-state index contributed by atoms with van der Waals surface area (Å²) >= 11 is 0. The van der Waals surface area contributed by atoms with Crippen molar-refractivity contribution in [1.29, 1.82) is 0 Å². The van der Waals surface area contributed by atoms with Crippen LogP contribution in [0.5, 0.6) is 0 Å². The maximum absolute atomic E-state index is 12.0. The molecular formula is C16H27N3O2. The van der Waals surface area contributed by atoms with Crippen LogP contribution >= 0.6 is 0 Å². The topological polar surface area (TPSA) is 70.1 Å². The van der Waals surface area contributed by atoms with E-state index in [2.05, 4.69) is 23.4 Å². The quantitative estimate of drug-likeness (QED) is 0.864. The van der Waals surface area contributed by atoms with Gasteiger partial charge in [0.1, 0.15) is 11.6 Å². The molecule has 1 saturated carbocycles.